The maximum Gasteiger partial charge on any atom is 0.281 e. The largest absolute Gasteiger partial charge is 0.507 e. The Hall–Kier alpha value is -2.19. The minimum absolute atomic E-state index is 0.0830. The molecule has 0 aromatic heterocycles. The lowest BCUT2D eigenvalue weighted by molar-refractivity contribution is 0.429. The van der Waals surface area contributed by atoms with Gasteiger partial charge in [0.25, 0.3) is 7.37 Å². The van der Waals surface area contributed by atoms with Crippen LogP contribution < -0.4 is 9.83 Å². The van der Waals surface area contributed by atoms with Gasteiger partial charge < -0.3 is 14.7 Å². The van der Waals surface area contributed by atoms with E-state index in [9.17, 15) is 14.8 Å². The molecule has 0 radical (unpaired) electrons. The van der Waals surface area contributed by atoms with Gasteiger partial charge in [-0.1, -0.05) is 30.3 Å². The molecule has 0 bridgehead atoms. The molecule has 0 amide bonds. The van der Waals surface area contributed by atoms with E-state index in [-0.39, 0.29) is 28.7 Å². The van der Waals surface area contributed by atoms with Crippen LogP contribution >= 0.6 is 7.37 Å². The van der Waals surface area contributed by atoms with Gasteiger partial charge in [0, 0.05) is 6.16 Å². The van der Waals surface area contributed by atoms with Gasteiger partial charge in [0.2, 0.25) is 0 Å². The van der Waals surface area contributed by atoms with Gasteiger partial charge in [0.15, 0.2) is 11.5 Å². The Labute approximate surface area is 123 Å². The summed E-state index contributed by atoms with van der Waals surface area (Å²) >= 11 is 0. The summed E-state index contributed by atoms with van der Waals surface area (Å²) in [6, 6.07) is 12.7. The zero-order chi connectivity index (χ0) is 15.3. The average molecular weight is 304 g/mol. The Morgan fingerprint density at radius 3 is 2.29 bits per heavy atom. The Balaban J connectivity index is 2.43. The van der Waals surface area contributed by atoms with Crippen LogP contribution in [0.5, 0.6) is 17.2 Å². The van der Waals surface area contributed by atoms with Crippen LogP contribution in [-0.4, -0.2) is 16.4 Å². The lowest BCUT2D eigenvalue weighted by atomic mass is 10.3. The van der Waals surface area contributed by atoms with Gasteiger partial charge in [-0.3, -0.25) is 4.57 Å². The minimum Gasteiger partial charge on any atom is -0.507 e. The van der Waals surface area contributed by atoms with Crippen LogP contribution in [0.25, 0.3) is 0 Å². The quantitative estimate of drug-likeness (QED) is 0.631. The molecule has 0 fully saturated rings. The normalized spacial score (nSPS) is 13.3. The number of para-hydroxylation sites is 3. The smallest absolute Gasteiger partial charge is 0.281 e. The number of rotatable bonds is 6. The fourth-order valence-electron chi connectivity index (χ4n) is 1.92. The van der Waals surface area contributed by atoms with Crippen molar-refractivity contribution in [3.63, 3.8) is 0 Å². The highest BCUT2D eigenvalue weighted by Crippen LogP contribution is 2.50. The van der Waals surface area contributed by atoms with Crippen molar-refractivity contribution in [1.29, 1.82) is 0 Å². The van der Waals surface area contributed by atoms with Gasteiger partial charge in [-0.15, -0.1) is 6.58 Å². The fourth-order valence-corrected chi connectivity index (χ4v) is 4.08. The third-order valence-corrected chi connectivity index (χ3v) is 5.44. The maximum absolute atomic E-state index is 13.2. The Kier molecular flexibility index (Phi) is 4.71. The molecular formula is C16H17O4P. The highest BCUT2D eigenvalue weighted by Gasteiger charge is 2.30. The lowest BCUT2D eigenvalue weighted by Gasteiger charge is -2.20. The summed E-state index contributed by atoms with van der Waals surface area (Å²) < 4.78 is 18.8. The van der Waals surface area contributed by atoms with Gasteiger partial charge in [-0.05, 0) is 30.7 Å². The van der Waals surface area contributed by atoms with Crippen molar-refractivity contribution in [3.05, 3.63) is 61.2 Å². The second-order valence-electron chi connectivity index (χ2n) is 4.52. The molecule has 1 unspecified atom stereocenters. The minimum atomic E-state index is -3.36. The van der Waals surface area contributed by atoms with E-state index in [1.165, 1.54) is 18.2 Å². The number of hydrogen-bond donors (Lipinski definition) is 2. The van der Waals surface area contributed by atoms with E-state index in [0.717, 1.165) is 0 Å². The summed E-state index contributed by atoms with van der Waals surface area (Å²) in [6.45, 7) is 3.62. The van der Waals surface area contributed by atoms with E-state index in [0.29, 0.717) is 6.42 Å². The highest BCUT2D eigenvalue weighted by atomic mass is 31.2. The summed E-state index contributed by atoms with van der Waals surface area (Å²) in [5.74, 6) is -0.0415. The van der Waals surface area contributed by atoms with E-state index < -0.39 is 7.37 Å². The van der Waals surface area contributed by atoms with Crippen molar-refractivity contribution in [2.24, 2.45) is 0 Å². The molecule has 5 heteroatoms. The first-order chi connectivity index (χ1) is 10.1. The van der Waals surface area contributed by atoms with Crippen molar-refractivity contribution in [2.45, 2.75) is 6.42 Å². The maximum atomic E-state index is 13.2. The summed E-state index contributed by atoms with van der Waals surface area (Å²) in [4.78, 5) is 0. The van der Waals surface area contributed by atoms with Crippen LogP contribution in [-0.2, 0) is 4.57 Å². The SMILES string of the molecule is C=CCCP(=O)(Oc1ccccc1O)c1ccccc1O. The molecule has 0 aliphatic carbocycles. The van der Waals surface area contributed by atoms with Crippen LogP contribution in [0.2, 0.25) is 0 Å². The first-order valence-electron chi connectivity index (χ1n) is 6.53. The van der Waals surface area contributed by atoms with Crippen LogP contribution in [0.3, 0.4) is 0 Å². The van der Waals surface area contributed by atoms with E-state index in [1.807, 2.05) is 0 Å². The van der Waals surface area contributed by atoms with Crippen LogP contribution in [0.15, 0.2) is 61.2 Å². The van der Waals surface area contributed by atoms with Gasteiger partial charge in [-0.25, -0.2) is 0 Å². The molecular weight excluding hydrogens is 287 g/mol. The van der Waals surface area contributed by atoms with Crippen LogP contribution in [0.1, 0.15) is 6.42 Å². The van der Waals surface area contributed by atoms with Gasteiger partial charge >= 0.3 is 0 Å². The lowest BCUT2D eigenvalue weighted by Crippen LogP contribution is -2.13. The monoisotopic (exact) mass is 304 g/mol. The molecule has 2 aromatic carbocycles. The van der Waals surface area contributed by atoms with Crippen LogP contribution in [0, 0.1) is 0 Å². The van der Waals surface area contributed by atoms with E-state index >= 15 is 0 Å². The van der Waals surface area contributed by atoms with E-state index in [4.69, 9.17) is 4.52 Å². The van der Waals surface area contributed by atoms with Crippen molar-refractivity contribution in [1.82, 2.24) is 0 Å². The number of hydrogen-bond acceptors (Lipinski definition) is 4. The zero-order valence-corrected chi connectivity index (χ0v) is 12.4. The number of phenols is 2. The molecule has 0 saturated carbocycles. The number of allylic oxidation sites excluding steroid dienone is 1. The number of aromatic hydroxyl groups is 2. The predicted octanol–water partition coefficient (Wildman–Crippen LogP) is 3.66. The summed E-state index contributed by atoms with van der Waals surface area (Å²) in [6.07, 6.45) is 2.31. The van der Waals surface area contributed by atoms with Gasteiger partial charge in [0.05, 0.1) is 5.30 Å². The zero-order valence-electron chi connectivity index (χ0n) is 11.5. The van der Waals surface area contributed by atoms with E-state index in [2.05, 4.69) is 6.58 Å². The molecule has 2 rings (SSSR count). The second kappa shape index (κ2) is 6.51. The topological polar surface area (TPSA) is 66.8 Å². The van der Waals surface area contributed by atoms with Crippen molar-refractivity contribution < 1.29 is 19.3 Å². The molecule has 21 heavy (non-hydrogen) atoms. The van der Waals surface area contributed by atoms with E-state index in [1.54, 1.807) is 36.4 Å². The molecule has 110 valence electrons. The Morgan fingerprint density at radius 2 is 1.67 bits per heavy atom. The number of phenolic OH excluding ortho intramolecular Hbond substituents is 2. The average Bonchev–Trinajstić information content (AvgIpc) is 2.48. The number of benzene rings is 2. The molecule has 0 aliphatic heterocycles. The molecule has 2 aromatic rings. The molecule has 4 nitrogen and oxygen atoms in total. The molecule has 0 aliphatic rings. The third-order valence-electron chi connectivity index (χ3n) is 2.99. The predicted molar refractivity (Wildman–Crippen MR) is 83.8 cm³/mol. The highest BCUT2D eigenvalue weighted by molar-refractivity contribution is 7.67. The fraction of sp³-hybridized carbons (Fsp3) is 0.125. The van der Waals surface area contributed by atoms with Gasteiger partial charge in [-0.2, -0.15) is 0 Å². The Morgan fingerprint density at radius 1 is 1.05 bits per heavy atom. The summed E-state index contributed by atoms with van der Waals surface area (Å²) in [7, 11) is -3.36. The summed E-state index contributed by atoms with van der Waals surface area (Å²) in [5.41, 5.74) is 0. The molecule has 1 atom stereocenters. The molecule has 0 saturated heterocycles. The first kappa shape index (κ1) is 15.2. The standard InChI is InChI=1S/C16H17O4P/c1-2-3-12-21(19,16-11-7-5-9-14(16)18)20-15-10-6-4-8-13(15)17/h2,4-11,17-18H,1,3,12H2. The van der Waals surface area contributed by atoms with Crippen molar-refractivity contribution in [2.75, 3.05) is 6.16 Å². The molecule has 0 heterocycles. The van der Waals surface area contributed by atoms with Gasteiger partial charge in [0.1, 0.15) is 5.75 Å². The first-order valence-corrected chi connectivity index (χ1v) is 8.34. The van der Waals surface area contributed by atoms with Crippen LogP contribution in [0.4, 0.5) is 0 Å². The Bertz CT molecular complexity index is 681. The molecule has 0 spiro atoms. The van der Waals surface area contributed by atoms with Crippen molar-refractivity contribution >= 4 is 12.7 Å². The third kappa shape index (κ3) is 3.47. The molecule has 2 N–H and O–H groups in total. The second-order valence-corrected chi connectivity index (χ2v) is 6.98. The van der Waals surface area contributed by atoms with Crippen molar-refractivity contribution in [3.8, 4) is 17.2 Å². The summed E-state index contributed by atoms with van der Waals surface area (Å²) in [5, 5.41) is 20.0.